The summed E-state index contributed by atoms with van der Waals surface area (Å²) in [5.41, 5.74) is 3.97. The molecular weight excluding hydrogens is 492 g/mol. The molecule has 2 aromatic rings. The molecule has 2 saturated carbocycles. The van der Waals surface area contributed by atoms with Crippen molar-refractivity contribution in [3.05, 3.63) is 53.6 Å². The van der Waals surface area contributed by atoms with Gasteiger partial charge in [-0.2, -0.15) is 0 Å². The number of hydrogen-bond acceptors (Lipinski definition) is 9. The number of phenols is 1. The molecule has 10 heteroatoms. The van der Waals surface area contributed by atoms with Crippen molar-refractivity contribution in [2.24, 2.45) is 29.4 Å². The van der Waals surface area contributed by atoms with E-state index < -0.39 is 76.4 Å². The molecule has 2 fully saturated rings. The van der Waals surface area contributed by atoms with Crippen LogP contribution in [-0.4, -0.2) is 81.1 Å². The van der Waals surface area contributed by atoms with Crippen molar-refractivity contribution in [1.29, 1.82) is 0 Å². The maximum absolute atomic E-state index is 13.9. The summed E-state index contributed by atoms with van der Waals surface area (Å²) in [6.07, 6.45) is -1.66. The van der Waals surface area contributed by atoms with Crippen molar-refractivity contribution in [2.45, 2.75) is 30.6 Å². The summed E-state index contributed by atoms with van der Waals surface area (Å²) < 4.78 is 0. The van der Waals surface area contributed by atoms with Crippen LogP contribution in [0.4, 0.5) is 0 Å². The first-order chi connectivity index (χ1) is 17.8. The SMILES string of the molecule is CC1c2cc(-c3ccccc3)cc(O)c2C(=O)C2C(=O)C3(O)C(=O)C(C(N)=O)C(=O)[C@@H](N(C)C)C3C(O)C21. The van der Waals surface area contributed by atoms with E-state index in [1.165, 1.54) is 25.1 Å². The molecule has 3 aliphatic rings. The maximum Gasteiger partial charge on any atom is 0.235 e. The number of hydrogen-bond donors (Lipinski definition) is 4. The Morgan fingerprint density at radius 1 is 1.00 bits per heavy atom. The number of fused-ring (bicyclic) bond motifs is 3. The lowest BCUT2D eigenvalue weighted by Gasteiger charge is -2.56. The Kier molecular flexibility index (Phi) is 5.90. The summed E-state index contributed by atoms with van der Waals surface area (Å²) in [7, 11) is 2.91. The molecule has 0 heterocycles. The highest BCUT2D eigenvalue weighted by molar-refractivity contribution is 6.32. The maximum atomic E-state index is 13.9. The highest BCUT2D eigenvalue weighted by Crippen LogP contribution is 2.54. The molecule has 0 aromatic heterocycles. The predicted molar refractivity (Wildman–Crippen MR) is 133 cm³/mol. The number of rotatable bonds is 3. The lowest BCUT2D eigenvalue weighted by molar-refractivity contribution is -0.196. The number of carbonyl (C=O) groups excluding carboxylic acids is 5. The zero-order chi connectivity index (χ0) is 27.8. The van der Waals surface area contributed by atoms with Gasteiger partial charge in [0.2, 0.25) is 5.91 Å². The van der Waals surface area contributed by atoms with Gasteiger partial charge < -0.3 is 21.1 Å². The molecule has 8 atom stereocenters. The summed E-state index contributed by atoms with van der Waals surface area (Å²) in [4.78, 5) is 67.6. The predicted octanol–water partition coefficient (Wildman–Crippen LogP) is 0.0658. The minimum atomic E-state index is -3.00. The van der Waals surface area contributed by atoms with Crippen LogP contribution >= 0.6 is 0 Å². The Hall–Kier alpha value is -3.73. The minimum Gasteiger partial charge on any atom is -0.507 e. The number of amides is 1. The van der Waals surface area contributed by atoms with Crippen LogP contribution in [0.15, 0.2) is 42.5 Å². The molecule has 7 unspecified atom stereocenters. The third-order valence-corrected chi connectivity index (χ3v) is 8.53. The fourth-order valence-corrected chi connectivity index (χ4v) is 6.82. The van der Waals surface area contributed by atoms with Gasteiger partial charge in [-0.3, -0.25) is 28.9 Å². The van der Waals surface area contributed by atoms with E-state index in [0.717, 1.165) is 5.56 Å². The number of nitrogens with zero attached hydrogens (tertiary/aromatic N) is 1. The fraction of sp³-hybridized carbons (Fsp3) is 0.393. The largest absolute Gasteiger partial charge is 0.507 e. The van der Waals surface area contributed by atoms with Gasteiger partial charge in [0.05, 0.1) is 29.5 Å². The van der Waals surface area contributed by atoms with E-state index in [1.807, 2.05) is 30.3 Å². The Labute approximate surface area is 218 Å². The molecular formula is C28H28N2O8. The van der Waals surface area contributed by atoms with Crippen LogP contribution in [0.2, 0.25) is 0 Å². The highest BCUT2D eigenvalue weighted by Gasteiger charge is 2.72. The summed E-state index contributed by atoms with van der Waals surface area (Å²) in [6.45, 7) is 1.68. The standard InChI is InChI=1S/C28H28N2O8/c1-11-14-9-13(12-7-5-4-6-8-12)10-15(31)17(14)22(32)18-16(11)23(33)20-21(30(2)3)24(34)19(27(29)37)26(36)28(20,38)25(18)35/h4-11,16,18-21,23,31,33,38H,1-3H3,(H2,29,37)/t11?,16?,18?,19?,20?,21-,23?,28?/m0/s1. The third kappa shape index (κ3) is 3.27. The van der Waals surface area contributed by atoms with Crippen molar-refractivity contribution in [3.63, 3.8) is 0 Å². The molecule has 0 radical (unpaired) electrons. The van der Waals surface area contributed by atoms with Crippen LogP contribution in [-0.2, 0) is 19.2 Å². The lowest BCUT2D eigenvalue weighted by atomic mass is 9.49. The average Bonchev–Trinajstić information content (AvgIpc) is 2.86. The summed E-state index contributed by atoms with van der Waals surface area (Å²) >= 11 is 0. The second kappa shape index (κ2) is 8.65. The first-order valence-electron chi connectivity index (χ1n) is 12.3. The Morgan fingerprint density at radius 2 is 1.63 bits per heavy atom. The quantitative estimate of drug-likeness (QED) is 0.408. The van der Waals surface area contributed by atoms with Gasteiger partial charge in [-0.05, 0) is 48.8 Å². The lowest BCUT2D eigenvalue weighted by Crippen LogP contribution is -2.77. The van der Waals surface area contributed by atoms with E-state index in [9.17, 15) is 39.3 Å². The van der Waals surface area contributed by atoms with Crippen molar-refractivity contribution in [2.75, 3.05) is 14.1 Å². The Bertz CT molecular complexity index is 1400. The van der Waals surface area contributed by atoms with E-state index in [0.29, 0.717) is 11.1 Å². The number of likely N-dealkylation sites (N-methyl/N-ethyl adjacent to an activating group) is 1. The molecule has 2 aromatic carbocycles. The van der Waals surface area contributed by atoms with Gasteiger partial charge in [0.25, 0.3) is 0 Å². The van der Waals surface area contributed by atoms with Gasteiger partial charge in [-0.25, -0.2) is 0 Å². The molecule has 5 rings (SSSR count). The van der Waals surface area contributed by atoms with E-state index in [4.69, 9.17) is 5.73 Å². The minimum absolute atomic E-state index is 0.129. The second-order valence-corrected chi connectivity index (χ2v) is 10.7. The van der Waals surface area contributed by atoms with Gasteiger partial charge in [-0.1, -0.05) is 37.3 Å². The van der Waals surface area contributed by atoms with Crippen LogP contribution in [0.25, 0.3) is 11.1 Å². The summed E-state index contributed by atoms with van der Waals surface area (Å²) in [5.74, 6) is -13.3. The number of primary amides is 1. The average molecular weight is 521 g/mol. The van der Waals surface area contributed by atoms with Crippen LogP contribution in [0.5, 0.6) is 5.75 Å². The monoisotopic (exact) mass is 520 g/mol. The fourth-order valence-electron chi connectivity index (χ4n) is 6.82. The highest BCUT2D eigenvalue weighted by atomic mass is 16.3. The smallest absolute Gasteiger partial charge is 0.235 e. The third-order valence-electron chi connectivity index (χ3n) is 8.53. The molecule has 198 valence electrons. The number of carbonyl (C=O) groups is 5. The first kappa shape index (κ1) is 25.9. The first-order valence-corrected chi connectivity index (χ1v) is 12.3. The van der Waals surface area contributed by atoms with Gasteiger partial charge in [-0.15, -0.1) is 0 Å². The topological polar surface area (TPSA) is 175 Å². The van der Waals surface area contributed by atoms with Gasteiger partial charge in [0.1, 0.15) is 5.75 Å². The Balaban J connectivity index is 1.70. The zero-order valence-corrected chi connectivity index (χ0v) is 21.0. The van der Waals surface area contributed by atoms with Crippen molar-refractivity contribution in [1.82, 2.24) is 4.90 Å². The number of ketones is 4. The van der Waals surface area contributed by atoms with Crippen LogP contribution in [0.1, 0.15) is 28.8 Å². The van der Waals surface area contributed by atoms with E-state index in [2.05, 4.69) is 0 Å². The molecule has 10 nitrogen and oxygen atoms in total. The number of nitrogens with two attached hydrogens (primary N) is 1. The molecule has 3 aliphatic carbocycles. The molecule has 0 bridgehead atoms. The van der Waals surface area contributed by atoms with E-state index >= 15 is 0 Å². The van der Waals surface area contributed by atoms with Gasteiger partial charge in [0, 0.05) is 5.92 Å². The van der Waals surface area contributed by atoms with E-state index in [-0.39, 0.29) is 11.3 Å². The zero-order valence-electron chi connectivity index (χ0n) is 21.0. The molecule has 1 amide bonds. The molecule has 0 spiro atoms. The Morgan fingerprint density at radius 3 is 2.21 bits per heavy atom. The number of aromatic hydroxyl groups is 1. The number of phenolic OH excluding ortho intramolecular Hbond substituents is 1. The number of Topliss-reactive ketones (excluding diaryl/α,β-unsaturated/α-hetero) is 4. The van der Waals surface area contributed by atoms with E-state index in [1.54, 1.807) is 13.0 Å². The molecule has 0 saturated heterocycles. The number of aliphatic hydroxyl groups excluding tert-OH is 1. The van der Waals surface area contributed by atoms with Gasteiger partial charge in [0.15, 0.2) is 34.7 Å². The normalized spacial score (nSPS) is 34.5. The molecule has 5 N–H and O–H groups in total. The van der Waals surface area contributed by atoms with Crippen LogP contribution in [0.3, 0.4) is 0 Å². The summed E-state index contributed by atoms with van der Waals surface area (Å²) in [5, 5.41) is 34.2. The van der Waals surface area contributed by atoms with Crippen molar-refractivity contribution < 1.29 is 39.3 Å². The van der Waals surface area contributed by atoms with Crippen LogP contribution < -0.4 is 5.73 Å². The molecule has 0 aliphatic heterocycles. The number of benzene rings is 2. The molecule has 38 heavy (non-hydrogen) atoms. The number of aliphatic hydroxyl groups is 2. The van der Waals surface area contributed by atoms with Crippen LogP contribution in [0, 0.1) is 23.7 Å². The second-order valence-electron chi connectivity index (χ2n) is 10.7. The van der Waals surface area contributed by atoms with Gasteiger partial charge >= 0.3 is 0 Å². The summed E-state index contributed by atoms with van der Waals surface area (Å²) in [6, 6.07) is 10.8. The van der Waals surface area contributed by atoms with Crippen molar-refractivity contribution in [3.8, 4) is 16.9 Å². The van der Waals surface area contributed by atoms with Crippen molar-refractivity contribution >= 4 is 29.0 Å².